The molecule has 0 radical (unpaired) electrons. The van der Waals surface area contributed by atoms with Crippen LogP contribution in [0.2, 0.25) is 0 Å². The van der Waals surface area contributed by atoms with Gasteiger partial charge in [0.25, 0.3) is 17.5 Å². The third kappa shape index (κ3) is 3.02. The van der Waals surface area contributed by atoms with Crippen molar-refractivity contribution in [1.29, 1.82) is 0 Å². The highest BCUT2D eigenvalue weighted by Gasteiger charge is 2.36. The topological polar surface area (TPSA) is 89.8 Å². The highest BCUT2D eigenvalue weighted by molar-refractivity contribution is 6.20. The number of non-ortho nitro benzene ring substituents is 1. The number of nitrogens with zero attached hydrogens (tertiary/aromatic N) is 2. The van der Waals surface area contributed by atoms with Crippen molar-refractivity contribution >= 4 is 17.5 Å². The van der Waals surface area contributed by atoms with E-state index in [-0.39, 0.29) is 12.3 Å². The third-order valence-electron chi connectivity index (χ3n) is 3.73. The molecule has 0 spiro atoms. The molecule has 1 aliphatic rings. The van der Waals surface area contributed by atoms with Crippen LogP contribution in [0, 0.1) is 10.1 Å². The summed E-state index contributed by atoms with van der Waals surface area (Å²) in [6.07, 6.45) is 1.20. The first-order valence-electron chi connectivity index (χ1n) is 7.42. The van der Waals surface area contributed by atoms with Crippen LogP contribution in [-0.2, 0) is 11.3 Å². The average Bonchev–Trinajstić information content (AvgIpc) is 2.84. The lowest BCUT2D eigenvalue weighted by Gasteiger charge is -2.13. The van der Waals surface area contributed by atoms with Crippen molar-refractivity contribution in [3.8, 4) is 0 Å². The number of hydrogen-bond acceptors (Lipinski definition) is 5. The summed E-state index contributed by atoms with van der Waals surface area (Å²) in [6, 6.07) is 12.8. The zero-order chi connectivity index (χ0) is 17.1. The van der Waals surface area contributed by atoms with Gasteiger partial charge in [-0.2, -0.15) is 0 Å². The van der Waals surface area contributed by atoms with E-state index in [0.29, 0.717) is 24.0 Å². The largest absolute Gasteiger partial charge is 0.285 e. The second-order valence-electron chi connectivity index (χ2n) is 5.31. The molecule has 0 bridgehead atoms. The molecule has 24 heavy (non-hydrogen) atoms. The summed E-state index contributed by atoms with van der Waals surface area (Å²) in [7, 11) is 0. The van der Waals surface area contributed by atoms with Crippen molar-refractivity contribution in [2.24, 2.45) is 0 Å². The molecule has 2 aromatic carbocycles. The van der Waals surface area contributed by atoms with E-state index in [4.69, 9.17) is 4.84 Å². The maximum absolute atomic E-state index is 12.1. The van der Waals surface area contributed by atoms with Crippen molar-refractivity contribution in [2.75, 3.05) is 6.61 Å². The number of amides is 2. The minimum Gasteiger partial charge on any atom is -0.266 e. The van der Waals surface area contributed by atoms with Gasteiger partial charge in [-0.25, -0.2) is 0 Å². The fraction of sp³-hybridized carbons (Fsp3) is 0.176. The molecule has 7 nitrogen and oxygen atoms in total. The highest BCUT2D eigenvalue weighted by atomic mass is 16.7. The van der Waals surface area contributed by atoms with Crippen LogP contribution in [0.15, 0.2) is 48.5 Å². The second-order valence-corrected chi connectivity index (χ2v) is 5.31. The van der Waals surface area contributed by atoms with Crippen molar-refractivity contribution in [3.63, 3.8) is 0 Å². The Hall–Kier alpha value is -3.06. The Bertz CT molecular complexity index is 766. The molecular weight excluding hydrogens is 312 g/mol. The van der Waals surface area contributed by atoms with Crippen LogP contribution in [-0.4, -0.2) is 28.4 Å². The van der Waals surface area contributed by atoms with Crippen LogP contribution in [0.25, 0.3) is 0 Å². The predicted octanol–water partition coefficient (Wildman–Crippen LogP) is 2.76. The molecule has 1 heterocycles. The van der Waals surface area contributed by atoms with Gasteiger partial charge < -0.3 is 0 Å². The first-order chi connectivity index (χ1) is 11.6. The zero-order valence-corrected chi connectivity index (χ0v) is 12.7. The van der Waals surface area contributed by atoms with Gasteiger partial charge in [0.05, 0.1) is 22.7 Å². The van der Waals surface area contributed by atoms with E-state index in [2.05, 4.69) is 0 Å². The zero-order valence-electron chi connectivity index (χ0n) is 12.7. The summed E-state index contributed by atoms with van der Waals surface area (Å²) in [5.74, 6) is -0.906. The van der Waals surface area contributed by atoms with E-state index in [9.17, 15) is 19.7 Å². The number of rotatable bonds is 6. The SMILES string of the molecule is O=C1c2ccccc2C(=O)N1OCCCc1ccc([N+](=O)[O-])cc1. The lowest BCUT2D eigenvalue weighted by molar-refractivity contribution is -0.384. The number of aryl methyl sites for hydroxylation is 1. The number of benzene rings is 2. The Morgan fingerprint density at radius 1 is 0.958 bits per heavy atom. The summed E-state index contributed by atoms with van der Waals surface area (Å²) in [5.41, 5.74) is 1.66. The Balaban J connectivity index is 1.52. The van der Waals surface area contributed by atoms with Crippen molar-refractivity contribution < 1.29 is 19.3 Å². The number of carbonyl (C=O) groups is 2. The molecule has 1 aliphatic heterocycles. The Labute approximate surface area is 137 Å². The minimum atomic E-state index is -0.453. The lowest BCUT2D eigenvalue weighted by atomic mass is 10.1. The molecule has 122 valence electrons. The number of nitro benzene ring substituents is 1. The third-order valence-corrected chi connectivity index (χ3v) is 3.73. The second kappa shape index (κ2) is 6.59. The van der Waals surface area contributed by atoms with Gasteiger partial charge in [0, 0.05) is 12.1 Å². The normalized spacial score (nSPS) is 13.2. The van der Waals surface area contributed by atoms with Crippen molar-refractivity contribution in [1.82, 2.24) is 5.06 Å². The number of fused-ring (bicyclic) bond motifs is 1. The Kier molecular flexibility index (Phi) is 4.35. The molecule has 0 unspecified atom stereocenters. The van der Waals surface area contributed by atoms with Gasteiger partial charge in [-0.05, 0) is 30.5 Å². The van der Waals surface area contributed by atoms with Crippen LogP contribution in [0.3, 0.4) is 0 Å². The van der Waals surface area contributed by atoms with Crippen LogP contribution in [0.5, 0.6) is 0 Å². The summed E-state index contributed by atoms with van der Waals surface area (Å²) in [5, 5.41) is 11.4. The van der Waals surface area contributed by atoms with Crippen LogP contribution in [0.1, 0.15) is 32.7 Å². The maximum atomic E-state index is 12.1. The number of nitro groups is 1. The molecule has 3 rings (SSSR count). The molecule has 0 aliphatic carbocycles. The number of hydrogen-bond donors (Lipinski definition) is 0. The molecule has 7 heteroatoms. The maximum Gasteiger partial charge on any atom is 0.285 e. The van der Waals surface area contributed by atoms with Crippen LogP contribution >= 0.6 is 0 Å². The molecule has 0 aromatic heterocycles. The fourth-order valence-electron chi connectivity index (χ4n) is 2.50. The van der Waals surface area contributed by atoms with E-state index in [1.807, 2.05) is 0 Å². The van der Waals surface area contributed by atoms with E-state index in [1.165, 1.54) is 12.1 Å². The molecular formula is C17H14N2O5. The van der Waals surface area contributed by atoms with E-state index < -0.39 is 16.7 Å². The highest BCUT2D eigenvalue weighted by Crippen LogP contribution is 2.22. The molecule has 0 saturated carbocycles. The summed E-state index contributed by atoms with van der Waals surface area (Å²) < 4.78 is 0. The van der Waals surface area contributed by atoms with Crippen molar-refractivity contribution in [2.45, 2.75) is 12.8 Å². The van der Waals surface area contributed by atoms with Crippen molar-refractivity contribution in [3.05, 3.63) is 75.3 Å². The standard InChI is InChI=1S/C17H14N2O5/c20-16-14-5-1-2-6-15(14)17(21)18(16)24-11-3-4-12-7-9-13(10-8-12)19(22)23/h1-2,5-10H,3-4,11H2. The summed E-state index contributed by atoms with van der Waals surface area (Å²) in [6.45, 7) is 0.197. The molecule has 0 saturated heterocycles. The van der Waals surface area contributed by atoms with Gasteiger partial charge in [0.1, 0.15) is 0 Å². The van der Waals surface area contributed by atoms with Gasteiger partial charge in [0.15, 0.2) is 0 Å². The molecule has 2 amide bonds. The lowest BCUT2D eigenvalue weighted by Crippen LogP contribution is -2.30. The molecule has 0 fully saturated rings. The number of carbonyl (C=O) groups excluding carboxylic acids is 2. The fourth-order valence-corrected chi connectivity index (χ4v) is 2.50. The van der Waals surface area contributed by atoms with Crippen LogP contribution < -0.4 is 0 Å². The Morgan fingerprint density at radius 3 is 2.08 bits per heavy atom. The number of imide groups is 1. The molecule has 2 aromatic rings. The summed E-state index contributed by atoms with van der Waals surface area (Å²) in [4.78, 5) is 39.6. The smallest absolute Gasteiger partial charge is 0.266 e. The van der Waals surface area contributed by atoms with Gasteiger partial charge in [0.2, 0.25) is 0 Å². The molecule has 0 N–H and O–H groups in total. The predicted molar refractivity (Wildman–Crippen MR) is 84.3 cm³/mol. The van der Waals surface area contributed by atoms with Gasteiger partial charge in [-0.1, -0.05) is 24.3 Å². The van der Waals surface area contributed by atoms with Gasteiger partial charge in [-0.3, -0.25) is 24.5 Å². The Morgan fingerprint density at radius 2 is 1.54 bits per heavy atom. The van der Waals surface area contributed by atoms with Gasteiger partial charge >= 0.3 is 0 Å². The van der Waals surface area contributed by atoms with Crippen LogP contribution in [0.4, 0.5) is 5.69 Å². The number of hydroxylamine groups is 2. The molecule has 0 atom stereocenters. The first kappa shape index (κ1) is 15.8. The van der Waals surface area contributed by atoms with E-state index in [0.717, 1.165) is 10.6 Å². The average molecular weight is 326 g/mol. The quantitative estimate of drug-likeness (QED) is 0.352. The van der Waals surface area contributed by atoms with Gasteiger partial charge in [-0.15, -0.1) is 5.06 Å². The first-order valence-corrected chi connectivity index (χ1v) is 7.42. The van der Waals surface area contributed by atoms with E-state index in [1.54, 1.807) is 36.4 Å². The summed E-state index contributed by atoms with van der Waals surface area (Å²) >= 11 is 0. The minimum absolute atomic E-state index is 0.0426. The van der Waals surface area contributed by atoms with E-state index >= 15 is 0 Å². The monoisotopic (exact) mass is 326 g/mol.